The number of methoxy groups -OCH3 is 1. The van der Waals surface area contributed by atoms with Gasteiger partial charge in [-0.25, -0.2) is 0 Å². The Morgan fingerprint density at radius 2 is 1.60 bits per heavy atom. The van der Waals surface area contributed by atoms with Crippen molar-refractivity contribution in [1.29, 1.82) is 0 Å². The maximum atomic E-state index is 6.16. The van der Waals surface area contributed by atoms with Gasteiger partial charge in [0.1, 0.15) is 5.75 Å². The topological polar surface area (TPSA) is 38.5 Å². The summed E-state index contributed by atoms with van der Waals surface area (Å²) in [7, 11) is 1.70. The van der Waals surface area contributed by atoms with Gasteiger partial charge in [-0.2, -0.15) is 0 Å². The van der Waals surface area contributed by atoms with Crippen molar-refractivity contribution < 1.29 is 4.74 Å². The molecule has 0 aliphatic carbocycles. The molecule has 0 unspecified atom stereocenters. The van der Waals surface area contributed by atoms with Crippen molar-refractivity contribution in [2.24, 2.45) is 11.8 Å². The average Bonchev–Trinajstić information content (AvgIpc) is 2.39. The maximum absolute atomic E-state index is 6.16. The zero-order valence-electron chi connectivity index (χ0n) is 13.6. The van der Waals surface area contributed by atoms with Gasteiger partial charge in [0.25, 0.3) is 0 Å². The summed E-state index contributed by atoms with van der Waals surface area (Å²) < 4.78 is 5.33. The number of benzene rings is 1. The smallest absolute Gasteiger partial charge is 0.121 e. The van der Waals surface area contributed by atoms with Gasteiger partial charge in [-0.05, 0) is 36.8 Å². The molecular weight excluding hydrogens is 248 g/mol. The summed E-state index contributed by atoms with van der Waals surface area (Å²) in [6, 6.07) is 5.91. The number of hydrogen-bond acceptors (Lipinski definition) is 3. The lowest BCUT2D eigenvalue weighted by Gasteiger charge is -2.28. The summed E-state index contributed by atoms with van der Waals surface area (Å²) in [5.74, 6) is 2.26. The largest absolute Gasteiger partial charge is 0.497 e. The van der Waals surface area contributed by atoms with Crippen molar-refractivity contribution in [2.45, 2.75) is 40.5 Å². The van der Waals surface area contributed by atoms with E-state index in [1.54, 1.807) is 7.11 Å². The lowest BCUT2D eigenvalue weighted by Crippen LogP contribution is -2.28. The van der Waals surface area contributed by atoms with Crippen LogP contribution in [0.25, 0.3) is 0 Å². The Morgan fingerprint density at radius 3 is 2.05 bits per heavy atom. The molecular formula is C17H30N2O. The zero-order chi connectivity index (χ0) is 15.1. The molecule has 0 radical (unpaired) electrons. The van der Waals surface area contributed by atoms with Crippen LogP contribution >= 0.6 is 0 Å². The van der Waals surface area contributed by atoms with Gasteiger partial charge >= 0.3 is 0 Å². The molecule has 0 atom stereocenters. The molecule has 0 aliphatic rings. The highest BCUT2D eigenvalue weighted by molar-refractivity contribution is 5.69. The van der Waals surface area contributed by atoms with Crippen LogP contribution in [0.4, 0.5) is 11.4 Å². The summed E-state index contributed by atoms with van der Waals surface area (Å²) in [5, 5.41) is 0. The first-order chi connectivity index (χ1) is 9.43. The molecule has 0 heterocycles. The molecule has 20 heavy (non-hydrogen) atoms. The molecule has 0 amide bonds. The van der Waals surface area contributed by atoms with Crippen molar-refractivity contribution in [2.75, 3.05) is 30.8 Å². The van der Waals surface area contributed by atoms with Gasteiger partial charge in [0, 0.05) is 19.2 Å². The number of rotatable bonds is 8. The molecule has 0 spiro atoms. The monoisotopic (exact) mass is 278 g/mol. The zero-order valence-corrected chi connectivity index (χ0v) is 13.6. The fourth-order valence-corrected chi connectivity index (χ4v) is 2.11. The highest BCUT2D eigenvalue weighted by atomic mass is 16.5. The Morgan fingerprint density at radius 1 is 1.05 bits per heavy atom. The second-order valence-electron chi connectivity index (χ2n) is 6.28. The minimum atomic E-state index is 0.698. The Labute approximate surface area is 124 Å². The molecule has 1 aromatic carbocycles. The number of nitrogen functional groups attached to an aromatic ring is 1. The molecule has 2 N–H and O–H groups in total. The first kappa shape index (κ1) is 16.7. The van der Waals surface area contributed by atoms with E-state index in [0.29, 0.717) is 11.8 Å². The minimum Gasteiger partial charge on any atom is -0.497 e. The number of anilines is 2. The quantitative estimate of drug-likeness (QED) is 0.725. The fourth-order valence-electron chi connectivity index (χ4n) is 2.11. The molecule has 114 valence electrons. The van der Waals surface area contributed by atoms with E-state index in [1.807, 2.05) is 12.1 Å². The number of nitrogens with zero attached hydrogens (tertiary/aromatic N) is 1. The van der Waals surface area contributed by atoms with E-state index in [2.05, 4.69) is 38.7 Å². The molecule has 0 aromatic heterocycles. The van der Waals surface area contributed by atoms with Crippen LogP contribution in [0.15, 0.2) is 18.2 Å². The first-order valence-corrected chi connectivity index (χ1v) is 7.62. The Kier molecular flexibility index (Phi) is 6.69. The van der Waals surface area contributed by atoms with Crippen LogP contribution < -0.4 is 15.4 Å². The van der Waals surface area contributed by atoms with Crippen LogP contribution in [0, 0.1) is 11.8 Å². The standard InChI is InChI=1S/C17H30N2O/c1-13(2)8-10-19(11-9-14(3)4)17-12-15(20-5)6-7-16(17)18/h6-7,12-14H,8-11,18H2,1-5H3. The molecule has 0 saturated carbocycles. The van der Waals surface area contributed by atoms with Gasteiger partial charge in [0.15, 0.2) is 0 Å². The minimum absolute atomic E-state index is 0.698. The number of hydrogen-bond donors (Lipinski definition) is 1. The van der Waals surface area contributed by atoms with E-state index in [-0.39, 0.29) is 0 Å². The van der Waals surface area contributed by atoms with Crippen LogP contribution in [-0.2, 0) is 0 Å². The predicted molar refractivity (Wildman–Crippen MR) is 88.5 cm³/mol. The summed E-state index contributed by atoms with van der Waals surface area (Å²) in [5.41, 5.74) is 8.09. The maximum Gasteiger partial charge on any atom is 0.121 e. The summed E-state index contributed by atoms with van der Waals surface area (Å²) in [4.78, 5) is 2.40. The second-order valence-corrected chi connectivity index (χ2v) is 6.28. The van der Waals surface area contributed by atoms with E-state index >= 15 is 0 Å². The molecule has 3 nitrogen and oxygen atoms in total. The highest BCUT2D eigenvalue weighted by Crippen LogP contribution is 2.29. The second kappa shape index (κ2) is 8.03. The van der Waals surface area contributed by atoms with Crippen LogP contribution in [0.5, 0.6) is 5.75 Å². The normalized spacial score (nSPS) is 11.2. The number of ether oxygens (including phenoxy) is 1. The van der Waals surface area contributed by atoms with Crippen molar-refractivity contribution in [3.05, 3.63) is 18.2 Å². The van der Waals surface area contributed by atoms with E-state index in [1.165, 1.54) is 12.8 Å². The lowest BCUT2D eigenvalue weighted by molar-refractivity contribution is 0.414. The Hall–Kier alpha value is -1.38. The molecule has 1 aromatic rings. The molecule has 3 heteroatoms. The number of nitrogens with two attached hydrogens (primary N) is 1. The third kappa shape index (κ3) is 5.32. The Balaban J connectivity index is 2.89. The molecule has 1 rings (SSSR count). The van der Waals surface area contributed by atoms with Crippen molar-refractivity contribution in [3.8, 4) is 5.75 Å². The SMILES string of the molecule is COc1ccc(N)c(N(CCC(C)C)CCC(C)C)c1. The van der Waals surface area contributed by atoms with Crippen LogP contribution in [0.1, 0.15) is 40.5 Å². The molecule has 0 saturated heterocycles. The summed E-state index contributed by atoms with van der Waals surface area (Å²) in [6.45, 7) is 11.1. The van der Waals surface area contributed by atoms with Gasteiger partial charge < -0.3 is 15.4 Å². The third-order valence-electron chi connectivity index (χ3n) is 3.53. The summed E-state index contributed by atoms with van der Waals surface area (Å²) >= 11 is 0. The highest BCUT2D eigenvalue weighted by Gasteiger charge is 2.12. The van der Waals surface area contributed by atoms with Gasteiger partial charge in [0.2, 0.25) is 0 Å². The fraction of sp³-hybridized carbons (Fsp3) is 0.647. The van der Waals surface area contributed by atoms with Crippen LogP contribution in [-0.4, -0.2) is 20.2 Å². The van der Waals surface area contributed by atoms with E-state index in [0.717, 1.165) is 30.2 Å². The first-order valence-electron chi connectivity index (χ1n) is 7.62. The van der Waals surface area contributed by atoms with E-state index in [4.69, 9.17) is 10.5 Å². The molecule has 0 bridgehead atoms. The van der Waals surface area contributed by atoms with Gasteiger partial charge in [0.05, 0.1) is 18.5 Å². The van der Waals surface area contributed by atoms with Crippen LogP contribution in [0.3, 0.4) is 0 Å². The van der Waals surface area contributed by atoms with Crippen molar-refractivity contribution in [1.82, 2.24) is 0 Å². The Bertz CT molecular complexity index is 390. The van der Waals surface area contributed by atoms with Gasteiger partial charge in [-0.1, -0.05) is 27.7 Å². The van der Waals surface area contributed by atoms with Crippen molar-refractivity contribution in [3.63, 3.8) is 0 Å². The van der Waals surface area contributed by atoms with Gasteiger partial charge in [-0.15, -0.1) is 0 Å². The molecule has 0 aliphatic heterocycles. The van der Waals surface area contributed by atoms with E-state index in [9.17, 15) is 0 Å². The third-order valence-corrected chi connectivity index (χ3v) is 3.53. The predicted octanol–water partition coefficient (Wildman–Crippen LogP) is 4.18. The molecule has 0 fully saturated rings. The van der Waals surface area contributed by atoms with Crippen LogP contribution in [0.2, 0.25) is 0 Å². The average molecular weight is 278 g/mol. The van der Waals surface area contributed by atoms with Gasteiger partial charge in [-0.3, -0.25) is 0 Å². The van der Waals surface area contributed by atoms with Crippen molar-refractivity contribution >= 4 is 11.4 Å². The van der Waals surface area contributed by atoms with E-state index < -0.39 is 0 Å². The summed E-state index contributed by atoms with van der Waals surface area (Å²) in [6.07, 6.45) is 2.35. The lowest BCUT2D eigenvalue weighted by atomic mass is 10.1.